The largest absolute Gasteiger partial charge is 0.309 e. The van der Waals surface area contributed by atoms with E-state index in [1.807, 2.05) is 66.7 Å². The number of para-hydroxylation sites is 1. The van der Waals surface area contributed by atoms with E-state index in [2.05, 4.69) is 168 Å². The Hall–Kier alpha value is -8.87. The van der Waals surface area contributed by atoms with Gasteiger partial charge in [0, 0.05) is 49.8 Å². The van der Waals surface area contributed by atoms with Gasteiger partial charge < -0.3 is 4.57 Å². The van der Waals surface area contributed by atoms with Gasteiger partial charge in [-0.3, -0.25) is 0 Å². The molecule has 12 rings (SSSR count). The van der Waals surface area contributed by atoms with E-state index >= 15 is 0 Å². The van der Waals surface area contributed by atoms with E-state index in [0.29, 0.717) is 23.3 Å². The molecular formula is C59H38N6. The lowest BCUT2D eigenvalue weighted by molar-refractivity contribution is 1.07. The molecule has 65 heavy (non-hydrogen) atoms. The highest BCUT2D eigenvalue weighted by molar-refractivity contribution is 6.14. The minimum atomic E-state index is 0.595. The van der Waals surface area contributed by atoms with Crippen molar-refractivity contribution in [3.8, 4) is 84.9 Å². The van der Waals surface area contributed by atoms with Crippen molar-refractivity contribution >= 4 is 32.6 Å². The van der Waals surface area contributed by atoms with Crippen molar-refractivity contribution < 1.29 is 0 Å². The first-order valence-corrected chi connectivity index (χ1v) is 21.7. The maximum atomic E-state index is 5.24. The standard InChI is InChI=1S/C59H38N6/c1-5-17-39(18-6-1)52-38-53(61-56(60-52)40-19-7-2-8-20-40)46-27-15-25-42(33-46)43-26-16-28-47(34-43)58-62-57(41-21-9-3-10-22-41)63-59(64-58)48-31-32-50-51-35-44-23-13-14-24-45(44)36-55(51)65(54(50)37-48)49-29-11-4-12-30-49/h1-38H. The molecule has 12 aromatic rings. The smallest absolute Gasteiger partial charge is 0.164 e. The zero-order valence-corrected chi connectivity index (χ0v) is 35.1. The molecule has 0 spiro atoms. The van der Waals surface area contributed by atoms with Gasteiger partial charge in [-0.05, 0) is 70.4 Å². The van der Waals surface area contributed by atoms with Gasteiger partial charge in [0.2, 0.25) is 0 Å². The fourth-order valence-corrected chi connectivity index (χ4v) is 8.81. The molecule has 3 aromatic heterocycles. The maximum Gasteiger partial charge on any atom is 0.164 e. The number of nitrogens with zero attached hydrogens (tertiary/aromatic N) is 6. The Kier molecular flexibility index (Phi) is 9.38. The van der Waals surface area contributed by atoms with E-state index in [-0.39, 0.29) is 0 Å². The highest BCUT2D eigenvalue weighted by Gasteiger charge is 2.18. The first-order valence-electron chi connectivity index (χ1n) is 21.7. The number of aromatic nitrogens is 6. The third-order valence-electron chi connectivity index (χ3n) is 12.0. The predicted octanol–water partition coefficient (Wildman–Crippen LogP) is 14.6. The lowest BCUT2D eigenvalue weighted by atomic mass is 9.99. The molecule has 0 atom stereocenters. The van der Waals surface area contributed by atoms with Crippen LogP contribution in [0.15, 0.2) is 231 Å². The van der Waals surface area contributed by atoms with Gasteiger partial charge in [-0.15, -0.1) is 0 Å². The van der Waals surface area contributed by atoms with E-state index in [0.717, 1.165) is 72.6 Å². The Morgan fingerprint density at radius 3 is 1.31 bits per heavy atom. The normalized spacial score (nSPS) is 11.4. The molecule has 0 unspecified atom stereocenters. The second-order valence-electron chi connectivity index (χ2n) is 16.1. The van der Waals surface area contributed by atoms with E-state index in [9.17, 15) is 0 Å². The van der Waals surface area contributed by atoms with E-state index in [1.165, 1.54) is 21.5 Å². The Morgan fingerprint density at radius 2 is 0.677 bits per heavy atom. The van der Waals surface area contributed by atoms with Crippen LogP contribution in [0.2, 0.25) is 0 Å². The van der Waals surface area contributed by atoms with Crippen molar-refractivity contribution in [1.29, 1.82) is 0 Å². The number of benzene rings is 9. The summed E-state index contributed by atoms with van der Waals surface area (Å²) in [6.45, 7) is 0. The van der Waals surface area contributed by atoms with E-state index in [1.54, 1.807) is 0 Å². The Bertz CT molecular complexity index is 3640. The van der Waals surface area contributed by atoms with Crippen molar-refractivity contribution in [2.45, 2.75) is 0 Å². The van der Waals surface area contributed by atoms with Gasteiger partial charge in [-0.2, -0.15) is 0 Å². The molecule has 6 heteroatoms. The third-order valence-corrected chi connectivity index (χ3v) is 12.0. The summed E-state index contributed by atoms with van der Waals surface area (Å²) in [6, 6.07) is 79.9. The summed E-state index contributed by atoms with van der Waals surface area (Å²) in [6.07, 6.45) is 0. The topological polar surface area (TPSA) is 69.4 Å². The molecule has 0 fully saturated rings. The second kappa shape index (κ2) is 16.1. The molecule has 0 saturated heterocycles. The van der Waals surface area contributed by atoms with Crippen LogP contribution in [-0.2, 0) is 0 Å². The second-order valence-corrected chi connectivity index (χ2v) is 16.1. The number of rotatable bonds is 8. The zero-order valence-electron chi connectivity index (χ0n) is 35.1. The van der Waals surface area contributed by atoms with Gasteiger partial charge in [-0.25, -0.2) is 24.9 Å². The van der Waals surface area contributed by atoms with Crippen molar-refractivity contribution in [2.75, 3.05) is 0 Å². The molecule has 9 aromatic carbocycles. The van der Waals surface area contributed by atoms with Gasteiger partial charge >= 0.3 is 0 Å². The highest BCUT2D eigenvalue weighted by Crippen LogP contribution is 2.38. The zero-order chi connectivity index (χ0) is 43.1. The Morgan fingerprint density at radius 1 is 0.246 bits per heavy atom. The molecule has 0 amide bonds. The van der Waals surface area contributed by atoms with Crippen molar-refractivity contribution in [2.24, 2.45) is 0 Å². The molecule has 6 nitrogen and oxygen atoms in total. The molecule has 0 aliphatic heterocycles. The molecule has 304 valence electrons. The van der Waals surface area contributed by atoms with Crippen LogP contribution < -0.4 is 0 Å². The fraction of sp³-hybridized carbons (Fsp3) is 0. The average Bonchev–Trinajstić information content (AvgIpc) is 3.71. The van der Waals surface area contributed by atoms with Gasteiger partial charge in [0.15, 0.2) is 23.3 Å². The van der Waals surface area contributed by atoms with Crippen LogP contribution in [0.5, 0.6) is 0 Å². The minimum Gasteiger partial charge on any atom is -0.309 e. The summed E-state index contributed by atoms with van der Waals surface area (Å²) in [5.74, 6) is 2.49. The fourth-order valence-electron chi connectivity index (χ4n) is 8.81. The molecule has 3 heterocycles. The summed E-state index contributed by atoms with van der Waals surface area (Å²) in [5, 5.41) is 4.78. The molecule has 0 aliphatic carbocycles. The Balaban J connectivity index is 0.976. The monoisotopic (exact) mass is 830 g/mol. The first-order chi connectivity index (χ1) is 32.2. The summed E-state index contributed by atoms with van der Waals surface area (Å²) >= 11 is 0. The molecular weight excluding hydrogens is 793 g/mol. The van der Waals surface area contributed by atoms with Crippen LogP contribution in [0.3, 0.4) is 0 Å². The molecule has 0 saturated carbocycles. The van der Waals surface area contributed by atoms with Crippen LogP contribution in [0, 0.1) is 0 Å². The molecule has 0 radical (unpaired) electrons. The first kappa shape index (κ1) is 37.9. The van der Waals surface area contributed by atoms with E-state index < -0.39 is 0 Å². The van der Waals surface area contributed by atoms with Crippen LogP contribution in [-0.4, -0.2) is 29.5 Å². The highest BCUT2D eigenvalue weighted by atomic mass is 15.0. The molecule has 0 aliphatic rings. The SMILES string of the molecule is c1ccc(-c2cc(-c3cccc(-c4cccc(-c5nc(-c6ccccc6)nc(-c6ccc7c8cc9ccccc9cc8n(-c8ccccc8)c7c6)n5)c4)c3)nc(-c3ccccc3)n2)cc1. The van der Waals surface area contributed by atoms with Crippen molar-refractivity contribution in [3.05, 3.63) is 231 Å². The maximum absolute atomic E-state index is 5.24. The van der Waals surface area contributed by atoms with Crippen LogP contribution >= 0.6 is 0 Å². The number of hydrogen-bond acceptors (Lipinski definition) is 5. The van der Waals surface area contributed by atoms with Crippen molar-refractivity contribution in [3.63, 3.8) is 0 Å². The van der Waals surface area contributed by atoms with Crippen LogP contribution in [0.1, 0.15) is 0 Å². The molecule has 0 N–H and O–H groups in total. The Labute approximate surface area is 375 Å². The quantitative estimate of drug-likeness (QED) is 0.153. The van der Waals surface area contributed by atoms with E-state index in [4.69, 9.17) is 24.9 Å². The van der Waals surface area contributed by atoms with Crippen LogP contribution in [0.25, 0.3) is 117 Å². The lowest BCUT2D eigenvalue weighted by Gasteiger charge is -2.12. The average molecular weight is 831 g/mol. The number of fused-ring (bicyclic) bond motifs is 4. The molecule has 0 bridgehead atoms. The van der Waals surface area contributed by atoms with Gasteiger partial charge in [0.05, 0.1) is 22.4 Å². The lowest BCUT2D eigenvalue weighted by Crippen LogP contribution is -2.00. The van der Waals surface area contributed by atoms with Gasteiger partial charge in [0.1, 0.15) is 0 Å². The third kappa shape index (κ3) is 7.19. The summed E-state index contributed by atoms with van der Waals surface area (Å²) in [7, 11) is 0. The van der Waals surface area contributed by atoms with Crippen molar-refractivity contribution in [1.82, 2.24) is 29.5 Å². The summed E-state index contributed by atoms with van der Waals surface area (Å²) < 4.78 is 2.35. The van der Waals surface area contributed by atoms with Crippen LogP contribution in [0.4, 0.5) is 0 Å². The summed E-state index contributed by atoms with van der Waals surface area (Å²) in [4.78, 5) is 25.6. The van der Waals surface area contributed by atoms with Gasteiger partial charge in [0.25, 0.3) is 0 Å². The minimum absolute atomic E-state index is 0.595. The predicted molar refractivity (Wildman–Crippen MR) is 265 cm³/mol. The summed E-state index contributed by atoms with van der Waals surface area (Å²) in [5.41, 5.74) is 12.8. The van der Waals surface area contributed by atoms with Gasteiger partial charge in [-0.1, -0.05) is 182 Å². The number of hydrogen-bond donors (Lipinski definition) is 0.